The lowest BCUT2D eigenvalue weighted by molar-refractivity contribution is -0.385. The van der Waals surface area contributed by atoms with Crippen molar-refractivity contribution in [2.45, 2.75) is 13.1 Å². The molecule has 0 saturated carbocycles. The molecule has 0 spiro atoms. The Balaban J connectivity index is 2.11. The van der Waals surface area contributed by atoms with Gasteiger partial charge in [-0.3, -0.25) is 14.9 Å². The van der Waals surface area contributed by atoms with Crippen LogP contribution in [0.25, 0.3) is 0 Å². The van der Waals surface area contributed by atoms with Crippen molar-refractivity contribution in [3.05, 3.63) is 63.7 Å². The number of nitro groups is 1. The molecule has 1 amide bonds. The van der Waals surface area contributed by atoms with Gasteiger partial charge in [-0.15, -0.1) is 0 Å². The second kappa shape index (κ2) is 7.20. The summed E-state index contributed by atoms with van der Waals surface area (Å²) in [6, 6.07) is 8.58. The van der Waals surface area contributed by atoms with Gasteiger partial charge >= 0.3 is 11.9 Å². The van der Waals surface area contributed by atoms with Crippen molar-refractivity contribution < 1.29 is 27.6 Å². The van der Waals surface area contributed by atoms with Crippen molar-refractivity contribution in [2.24, 2.45) is 0 Å². The van der Waals surface area contributed by atoms with Crippen LogP contribution in [0.3, 0.4) is 0 Å². The number of alkyl halides is 3. The Labute approximate surface area is 140 Å². The first-order valence-corrected chi connectivity index (χ1v) is 7.02. The van der Waals surface area contributed by atoms with Gasteiger partial charge in [-0.2, -0.15) is 13.2 Å². The largest absolute Gasteiger partial charge is 0.477 e. The summed E-state index contributed by atoms with van der Waals surface area (Å²) >= 11 is 0. The highest BCUT2D eigenvalue weighted by atomic mass is 19.4. The zero-order chi connectivity index (χ0) is 18.6. The first-order valence-electron chi connectivity index (χ1n) is 7.02. The van der Waals surface area contributed by atoms with Crippen LogP contribution >= 0.6 is 0 Å². The summed E-state index contributed by atoms with van der Waals surface area (Å²) in [5, 5.41) is 13.0. The molecule has 2 aromatic rings. The number of nitrogens with zero attached hydrogens (tertiary/aromatic N) is 1. The number of anilines is 1. The molecule has 2 rings (SSSR count). The average Bonchev–Trinajstić information content (AvgIpc) is 2.52. The molecule has 0 heterocycles. The third-order valence-electron chi connectivity index (χ3n) is 3.18. The second-order valence-corrected chi connectivity index (χ2v) is 5.11. The van der Waals surface area contributed by atoms with Gasteiger partial charge < -0.3 is 10.1 Å². The van der Waals surface area contributed by atoms with Crippen molar-refractivity contribution in [3.63, 3.8) is 0 Å². The first kappa shape index (κ1) is 18.2. The van der Waals surface area contributed by atoms with Gasteiger partial charge in [0.15, 0.2) is 12.4 Å². The van der Waals surface area contributed by atoms with Crippen molar-refractivity contribution in [1.29, 1.82) is 0 Å². The standard InChI is InChI=1S/C16H13F3N2O4/c1-10-6-7-13(21(23)24)14(8-10)25-9-15(22)20-12-5-3-2-4-11(12)16(17,18)19/h2-8H,9H2,1H3,(H,20,22). The number of ether oxygens (including phenoxy) is 1. The van der Waals surface area contributed by atoms with Crippen LogP contribution in [0, 0.1) is 17.0 Å². The fraction of sp³-hybridized carbons (Fsp3) is 0.188. The van der Waals surface area contributed by atoms with Crippen molar-refractivity contribution >= 4 is 17.3 Å². The van der Waals surface area contributed by atoms with Gasteiger partial charge in [0.25, 0.3) is 5.91 Å². The molecule has 0 atom stereocenters. The van der Waals surface area contributed by atoms with E-state index in [1.807, 2.05) is 0 Å². The number of carbonyl (C=O) groups excluding carboxylic acids is 1. The van der Waals surface area contributed by atoms with Crippen molar-refractivity contribution in [2.75, 3.05) is 11.9 Å². The predicted octanol–water partition coefficient (Wildman–Crippen LogP) is 3.94. The summed E-state index contributed by atoms with van der Waals surface area (Å²) in [5.41, 5.74) is -1.08. The fourth-order valence-corrected chi connectivity index (χ4v) is 2.06. The molecule has 0 aromatic heterocycles. The maximum absolute atomic E-state index is 12.9. The van der Waals surface area contributed by atoms with Crippen LogP contribution in [-0.2, 0) is 11.0 Å². The molecule has 0 bridgehead atoms. The summed E-state index contributed by atoms with van der Waals surface area (Å²) in [6.07, 6.45) is -4.62. The highest BCUT2D eigenvalue weighted by Gasteiger charge is 2.33. The minimum absolute atomic E-state index is 0.135. The third kappa shape index (κ3) is 4.69. The van der Waals surface area contributed by atoms with Gasteiger partial charge in [0, 0.05) is 6.07 Å². The molecule has 0 fully saturated rings. The Morgan fingerprint density at radius 2 is 1.92 bits per heavy atom. The number of aryl methyl sites for hydroxylation is 1. The number of hydrogen-bond acceptors (Lipinski definition) is 4. The van der Waals surface area contributed by atoms with E-state index in [0.29, 0.717) is 5.56 Å². The van der Waals surface area contributed by atoms with Gasteiger partial charge in [-0.05, 0) is 30.7 Å². The van der Waals surface area contributed by atoms with Crippen LogP contribution in [0.5, 0.6) is 5.75 Å². The van der Waals surface area contributed by atoms with E-state index < -0.39 is 34.9 Å². The number of nitrogens with one attached hydrogen (secondary N) is 1. The number of hydrogen-bond donors (Lipinski definition) is 1. The van der Waals surface area contributed by atoms with Crippen LogP contribution < -0.4 is 10.1 Å². The number of para-hydroxylation sites is 1. The highest BCUT2D eigenvalue weighted by molar-refractivity contribution is 5.92. The van der Waals surface area contributed by atoms with Gasteiger partial charge in [0.1, 0.15) is 0 Å². The normalized spacial score (nSPS) is 11.0. The van der Waals surface area contributed by atoms with Crippen LogP contribution in [0.15, 0.2) is 42.5 Å². The van der Waals surface area contributed by atoms with E-state index in [1.165, 1.54) is 30.3 Å². The Morgan fingerprint density at radius 3 is 2.56 bits per heavy atom. The highest BCUT2D eigenvalue weighted by Crippen LogP contribution is 2.34. The fourth-order valence-electron chi connectivity index (χ4n) is 2.06. The molecule has 132 valence electrons. The predicted molar refractivity (Wildman–Crippen MR) is 83.4 cm³/mol. The molecule has 6 nitrogen and oxygen atoms in total. The summed E-state index contributed by atoms with van der Waals surface area (Å²) in [4.78, 5) is 22.1. The number of nitro benzene ring substituents is 1. The summed E-state index contributed by atoms with van der Waals surface area (Å²) < 4.78 is 43.7. The molecule has 2 aromatic carbocycles. The van der Waals surface area contributed by atoms with E-state index >= 15 is 0 Å². The third-order valence-corrected chi connectivity index (χ3v) is 3.18. The van der Waals surface area contributed by atoms with Gasteiger partial charge in [0.05, 0.1) is 16.2 Å². The van der Waals surface area contributed by atoms with E-state index in [4.69, 9.17) is 4.74 Å². The number of halogens is 3. The van der Waals surface area contributed by atoms with Crippen LogP contribution in [0.1, 0.15) is 11.1 Å². The molecular weight excluding hydrogens is 341 g/mol. The molecular formula is C16H13F3N2O4. The van der Waals surface area contributed by atoms with Gasteiger partial charge in [-0.25, -0.2) is 0 Å². The zero-order valence-electron chi connectivity index (χ0n) is 13.0. The van der Waals surface area contributed by atoms with E-state index in [9.17, 15) is 28.1 Å². The smallest absolute Gasteiger partial charge is 0.418 e. The minimum Gasteiger partial charge on any atom is -0.477 e. The van der Waals surface area contributed by atoms with Crippen LogP contribution in [0.2, 0.25) is 0 Å². The lowest BCUT2D eigenvalue weighted by Crippen LogP contribution is -2.22. The topological polar surface area (TPSA) is 81.5 Å². The summed E-state index contributed by atoms with van der Waals surface area (Å²) in [6.45, 7) is 1.01. The van der Waals surface area contributed by atoms with E-state index in [-0.39, 0.29) is 11.4 Å². The monoisotopic (exact) mass is 354 g/mol. The molecule has 1 N–H and O–H groups in total. The zero-order valence-corrected chi connectivity index (χ0v) is 13.0. The SMILES string of the molecule is Cc1ccc([N+](=O)[O-])c(OCC(=O)Nc2ccccc2C(F)(F)F)c1. The molecule has 0 radical (unpaired) electrons. The molecule has 0 saturated heterocycles. The second-order valence-electron chi connectivity index (χ2n) is 5.11. The molecule has 0 aliphatic heterocycles. The van der Waals surface area contributed by atoms with E-state index in [2.05, 4.69) is 5.32 Å². The maximum Gasteiger partial charge on any atom is 0.418 e. The van der Waals surface area contributed by atoms with Crippen molar-refractivity contribution in [3.8, 4) is 5.75 Å². The lowest BCUT2D eigenvalue weighted by Gasteiger charge is -2.14. The Hall–Kier alpha value is -3.10. The minimum atomic E-state index is -4.62. The molecule has 0 aliphatic rings. The number of rotatable bonds is 5. The Morgan fingerprint density at radius 1 is 1.24 bits per heavy atom. The number of benzene rings is 2. The quantitative estimate of drug-likeness (QED) is 0.651. The number of amides is 1. The maximum atomic E-state index is 12.9. The first-order chi connectivity index (χ1) is 11.7. The van der Waals surface area contributed by atoms with Crippen LogP contribution in [-0.4, -0.2) is 17.4 Å². The summed E-state index contributed by atoms with van der Waals surface area (Å²) in [5.74, 6) is -1.00. The molecule has 0 unspecified atom stereocenters. The van der Waals surface area contributed by atoms with Gasteiger partial charge in [0.2, 0.25) is 0 Å². The average molecular weight is 354 g/mol. The molecule has 9 heteroatoms. The molecule has 0 aliphatic carbocycles. The lowest BCUT2D eigenvalue weighted by atomic mass is 10.1. The van der Waals surface area contributed by atoms with Crippen molar-refractivity contribution in [1.82, 2.24) is 0 Å². The Kier molecular flexibility index (Phi) is 5.26. The van der Waals surface area contributed by atoms with E-state index in [1.54, 1.807) is 6.92 Å². The Bertz CT molecular complexity index is 806. The van der Waals surface area contributed by atoms with E-state index in [0.717, 1.165) is 12.1 Å². The molecule has 25 heavy (non-hydrogen) atoms. The van der Waals surface area contributed by atoms with Crippen LogP contribution in [0.4, 0.5) is 24.5 Å². The van der Waals surface area contributed by atoms with Gasteiger partial charge in [-0.1, -0.05) is 18.2 Å². The summed E-state index contributed by atoms with van der Waals surface area (Å²) in [7, 11) is 0. The number of carbonyl (C=O) groups is 1.